The van der Waals surface area contributed by atoms with Crippen LogP contribution in [-0.2, 0) is 23.1 Å². The summed E-state index contributed by atoms with van der Waals surface area (Å²) in [6.45, 7) is 4.52. The standard InChI is InChI=1S/C13H18N4O3S/c1-4-17-9-14-16-13(17)8-15-21(18,19)11-5-6-12(20-3)10(2)7-11/h5-7,9,15H,4,8H2,1-3H3. The Morgan fingerprint density at radius 1 is 1.38 bits per heavy atom. The molecule has 7 nitrogen and oxygen atoms in total. The van der Waals surface area contributed by atoms with E-state index in [1.165, 1.54) is 6.07 Å². The van der Waals surface area contributed by atoms with Crippen molar-refractivity contribution in [3.05, 3.63) is 35.9 Å². The van der Waals surface area contributed by atoms with Crippen molar-refractivity contribution in [3.63, 3.8) is 0 Å². The Balaban J connectivity index is 2.17. The number of nitrogens with zero attached hydrogens (tertiary/aromatic N) is 3. The average molecular weight is 310 g/mol. The predicted molar refractivity (Wildman–Crippen MR) is 77.5 cm³/mol. The van der Waals surface area contributed by atoms with Crippen molar-refractivity contribution in [1.29, 1.82) is 0 Å². The van der Waals surface area contributed by atoms with Gasteiger partial charge >= 0.3 is 0 Å². The maximum atomic E-state index is 12.3. The van der Waals surface area contributed by atoms with Gasteiger partial charge in [-0.1, -0.05) is 0 Å². The highest BCUT2D eigenvalue weighted by Crippen LogP contribution is 2.21. The number of nitrogens with one attached hydrogen (secondary N) is 1. The summed E-state index contributed by atoms with van der Waals surface area (Å²) >= 11 is 0. The Hall–Kier alpha value is -1.93. The molecule has 1 N–H and O–H groups in total. The highest BCUT2D eigenvalue weighted by molar-refractivity contribution is 7.89. The normalized spacial score (nSPS) is 11.6. The largest absolute Gasteiger partial charge is 0.496 e. The molecule has 0 aliphatic heterocycles. The number of rotatable bonds is 6. The first-order valence-electron chi connectivity index (χ1n) is 6.49. The van der Waals surface area contributed by atoms with E-state index >= 15 is 0 Å². The number of ether oxygens (including phenoxy) is 1. The fraction of sp³-hybridized carbons (Fsp3) is 0.385. The van der Waals surface area contributed by atoms with Crippen molar-refractivity contribution >= 4 is 10.0 Å². The topological polar surface area (TPSA) is 86.1 Å². The lowest BCUT2D eigenvalue weighted by molar-refractivity contribution is 0.411. The van der Waals surface area contributed by atoms with E-state index in [9.17, 15) is 8.42 Å². The zero-order valence-electron chi connectivity index (χ0n) is 12.2. The van der Waals surface area contributed by atoms with E-state index in [0.717, 1.165) is 5.56 Å². The highest BCUT2D eigenvalue weighted by Gasteiger charge is 2.16. The molecule has 0 atom stereocenters. The maximum absolute atomic E-state index is 12.3. The summed E-state index contributed by atoms with van der Waals surface area (Å²) in [6.07, 6.45) is 1.57. The molecule has 0 bridgehead atoms. The van der Waals surface area contributed by atoms with Gasteiger partial charge in [0.25, 0.3) is 0 Å². The monoisotopic (exact) mass is 310 g/mol. The van der Waals surface area contributed by atoms with E-state index in [1.807, 2.05) is 6.92 Å². The van der Waals surface area contributed by atoms with Crippen molar-refractivity contribution in [2.24, 2.45) is 0 Å². The highest BCUT2D eigenvalue weighted by atomic mass is 32.2. The Bertz CT molecular complexity index is 725. The second-order valence-corrected chi connectivity index (χ2v) is 6.26. The fourth-order valence-electron chi connectivity index (χ4n) is 1.94. The van der Waals surface area contributed by atoms with E-state index < -0.39 is 10.0 Å². The van der Waals surface area contributed by atoms with Crippen LogP contribution >= 0.6 is 0 Å². The van der Waals surface area contributed by atoms with Crippen LogP contribution in [0.4, 0.5) is 0 Å². The van der Waals surface area contributed by atoms with Gasteiger partial charge in [-0.25, -0.2) is 13.1 Å². The molecule has 0 aliphatic rings. The molecule has 1 heterocycles. The van der Waals surface area contributed by atoms with Gasteiger partial charge in [0.1, 0.15) is 17.9 Å². The van der Waals surface area contributed by atoms with E-state index in [4.69, 9.17) is 4.74 Å². The molecule has 0 saturated heterocycles. The minimum Gasteiger partial charge on any atom is -0.496 e. The molecule has 2 aromatic rings. The summed E-state index contributed by atoms with van der Waals surface area (Å²) in [5.74, 6) is 1.23. The van der Waals surface area contributed by atoms with Crippen LogP contribution in [0.5, 0.6) is 5.75 Å². The third kappa shape index (κ3) is 3.40. The summed E-state index contributed by atoms with van der Waals surface area (Å²) in [7, 11) is -2.05. The molecule has 0 amide bonds. The number of hydrogen-bond donors (Lipinski definition) is 1. The lowest BCUT2D eigenvalue weighted by atomic mass is 10.2. The summed E-state index contributed by atoms with van der Waals surface area (Å²) in [5, 5.41) is 7.66. The van der Waals surface area contributed by atoms with Gasteiger partial charge in [0.05, 0.1) is 18.6 Å². The quantitative estimate of drug-likeness (QED) is 0.863. The number of aromatic nitrogens is 3. The van der Waals surface area contributed by atoms with Crippen LogP contribution in [0.15, 0.2) is 29.4 Å². The van der Waals surface area contributed by atoms with Crippen LogP contribution < -0.4 is 9.46 Å². The van der Waals surface area contributed by atoms with E-state index in [-0.39, 0.29) is 11.4 Å². The molecule has 1 aromatic heterocycles. The van der Waals surface area contributed by atoms with Crippen LogP contribution in [0, 0.1) is 6.92 Å². The van der Waals surface area contributed by atoms with Gasteiger partial charge in [0.2, 0.25) is 10.0 Å². The van der Waals surface area contributed by atoms with Gasteiger partial charge in [-0.2, -0.15) is 0 Å². The predicted octanol–water partition coefficient (Wildman–Crippen LogP) is 1.09. The molecule has 21 heavy (non-hydrogen) atoms. The van der Waals surface area contributed by atoms with Gasteiger partial charge in [-0.05, 0) is 37.6 Å². The first kappa shape index (κ1) is 15.5. The second kappa shape index (κ2) is 6.23. The Labute approximate surface area is 124 Å². The van der Waals surface area contributed by atoms with Crippen molar-refractivity contribution in [1.82, 2.24) is 19.5 Å². The van der Waals surface area contributed by atoms with Crippen LogP contribution in [0.25, 0.3) is 0 Å². The maximum Gasteiger partial charge on any atom is 0.240 e. The van der Waals surface area contributed by atoms with Crippen LogP contribution in [-0.4, -0.2) is 30.3 Å². The summed E-state index contributed by atoms with van der Waals surface area (Å²) < 4.78 is 34.0. The van der Waals surface area contributed by atoms with Gasteiger partial charge in [0.15, 0.2) is 0 Å². The van der Waals surface area contributed by atoms with E-state index in [2.05, 4.69) is 14.9 Å². The lowest BCUT2D eigenvalue weighted by Crippen LogP contribution is -2.25. The van der Waals surface area contributed by atoms with E-state index in [1.54, 1.807) is 37.1 Å². The Morgan fingerprint density at radius 3 is 2.76 bits per heavy atom. The minimum absolute atomic E-state index is 0.0985. The first-order chi connectivity index (χ1) is 9.97. The number of sulfonamides is 1. The molecule has 114 valence electrons. The molecule has 0 radical (unpaired) electrons. The SMILES string of the molecule is CCn1cnnc1CNS(=O)(=O)c1ccc(OC)c(C)c1. The van der Waals surface area contributed by atoms with Gasteiger partial charge < -0.3 is 9.30 Å². The molecule has 2 rings (SSSR count). The van der Waals surface area contributed by atoms with Gasteiger partial charge in [0, 0.05) is 6.54 Å². The van der Waals surface area contributed by atoms with Gasteiger partial charge in [-0.15, -0.1) is 10.2 Å². The third-order valence-electron chi connectivity index (χ3n) is 3.13. The molecule has 1 aromatic carbocycles. The van der Waals surface area contributed by atoms with Crippen molar-refractivity contribution < 1.29 is 13.2 Å². The Kier molecular flexibility index (Phi) is 4.59. The average Bonchev–Trinajstić information content (AvgIpc) is 2.92. The number of benzene rings is 1. The molecule has 8 heteroatoms. The molecule has 0 saturated carbocycles. The molecule has 0 fully saturated rings. The Morgan fingerprint density at radius 2 is 2.14 bits per heavy atom. The third-order valence-corrected chi connectivity index (χ3v) is 4.53. The molecule has 0 unspecified atom stereocenters. The lowest BCUT2D eigenvalue weighted by Gasteiger charge is -2.10. The fourth-order valence-corrected chi connectivity index (χ4v) is 3.01. The summed E-state index contributed by atoms with van der Waals surface area (Å²) in [4.78, 5) is 0.198. The van der Waals surface area contributed by atoms with Crippen LogP contribution in [0.3, 0.4) is 0 Å². The van der Waals surface area contributed by atoms with Crippen molar-refractivity contribution in [2.75, 3.05) is 7.11 Å². The van der Waals surface area contributed by atoms with E-state index in [0.29, 0.717) is 18.1 Å². The molecular weight excluding hydrogens is 292 g/mol. The summed E-state index contributed by atoms with van der Waals surface area (Å²) in [5.41, 5.74) is 0.761. The number of hydrogen-bond acceptors (Lipinski definition) is 5. The zero-order chi connectivity index (χ0) is 15.5. The van der Waals surface area contributed by atoms with Crippen LogP contribution in [0.1, 0.15) is 18.3 Å². The number of aryl methyl sites for hydroxylation is 2. The van der Waals surface area contributed by atoms with Crippen molar-refractivity contribution in [3.8, 4) is 5.75 Å². The zero-order valence-corrected chi connectivity index (χ0v) is 13.0. The van der Waals surface area contributed by atoms with Gasteiger partial charge in [-0.3, -0.25) is 0 Å². The second-order valence-electron chi connectivity index (χ2n) is 4.49. The van der Waals surface area contributed by atoms with Crippen molar-refractivity contribution in [2.45, 2.75) is 31.8 Å². The molecule has 0 spiro atoms. The summed E-state index contributed by atoms with van der Waals surface area (Å²) in [6, 6.07) is 4.73. The smallest absolute Gasteiger partial charge is 0.240 e. The number of methoxy groups -OCH3 is 1. The molecular formula is C13H18N4O3S. The molecule has 0 aliphatic carbocycles. The van der Waals surface area contributed by atoms with Crippen LogP contribution in [0.2, 0.25) is 0 Å². The minimum atomic E-state index is -3.60. The first-order valence-corrected chi connectivity index (χ1v) is 7.97.